The van der Waals surface area contributed by atoms with Gasteiger partial charge in [0.1, 0.15) is 6.04 Å². The first-order valence-electron chi connectivity index (χ1n) is 10.1. The highest BCUT2D eigenvalue weighted by Crippen LogP contribution is 2.30. The van der Waals surface area contributed by atoms with Crippen molar-refractivity contribution in [2.45, 2.75) is 44.6 Å². The van der Waals surface area contributed by atoms with Gasteiger partial charge in [0.15, 0.2) is 0 Å². The molecule has 4 heteroatoms. The minimum atomic E-state index is -0.985. The third kappa shape index (κ3) is 3.72. The predicted molar refractivity (Wildman–Crippen MR) is 111 cm³/mol. The van der Waals surface area contributed by atoms with Gasteiger partial charge in [-0.15, -0.1) is 0 Å². The summed E-state index contributed by atoms with van der Waals surface area (Å²) in [4.78, 5) is 24.6. The Morgan fingerprint density at radius 3 is 2.07 bits per heavy atom. The van der Waals surface area contributed by atoms with E-state index in [1.54, 1.807) is 0 Å². The third-order valence-electron chi connectivity index (χ3n) is 5.88. The van der Waals surface area contributed by atoms with Gasteiger partial charge in [0.05, 0.1) is 0 Å². The van der Waals surface area contributed by atoms with Crippen LogP contribution in [-0.2, 0) is 16.0 Å². The van der Waals surface area contributed by atoms with E-state index in [0.717, 1.165) is 59.2 Å². The SMILES string of the molecule is O=C(N[C@H](Cc1c2ccccc2cc2ccccc12)C(=O)O)C1CCCCC1. The van der Waals surface area contributed by atoms with Crippen molar-refractivity contribution in [3.63, 3.8) is 0 Å². The number of aliphatic carboxylic acids is 1. The van der Waals surface area contributed by atoms with E-state index in [2.05, 4.69) is 11.4 Å². The van der Waals surface area contributed by atoms with E-state index in [0.29, 0.717) is 0 Å². The van der Waals surface area contributed by atoms with Crippen molar-refractivity contribution < 1.29 is 14.7 Å². The number of carboxylic acid groups (broad SMARTS) is 1. The highest BCUT2D eigenvalue weighted by atomic mass is 16.4. The zero-order chi connectivity index (χ0) is 19.5. The minimum Gasteiger partial charge on any atom is -0.480 e. The maximum absolute atomic E-state index is 12.7. The highest BCUT2D eigenvalue weighted by Gasteiger charge is 2.27. The molecule has 1 saturated carbocycles. The standard InChI is InChI=1S/C24H25NO3/c26-23(16-8-2-1-3-9-16)25-22(24(27)28)15-21-19-12-6-4-10-17(19)14-18-11-5-7-13-20(18)21/h4-7,10-14,16,22H,1-3,8-9,15H2,(H,25,26)(H,27,28)/t22-/m1/s1. The van der Waals surface area contributed by atoms with Gasteiger partial charge in [0.25, 0.3) is 0 Å². The van der Waals surface area contributed by atoms with Crippen LogP contribution in [0.25, 0.3) is 21.5 Å². The van der Waals surface area contributed by atoms with Crippen LogP contribution in [0, 0.1) is 5.92 Å². The molecule has 0 heterocycles. The summed E-state index contributed by atoms with van der Waals surface area (Å²) in [6.45, 7) is 0. The van der Waals surface area contributed by atoms with Gasteiger partial charge in [-0.1, -0.05) is 67.8 Å². The zero-order valence-electron chi connectivity index (χ0n) is 15.9. The van der Waals surface area contributed by atoms with Crippen molar-refractivity contribution >= 4 is 33.4 Å². The molecule has 0 radical (unpaired) electrons. The predicted octanol–water partition coefficient (Wildman–Crippen LogP) is 4.69. The number of hydrogen-bond acceptors (Lipinski definition) is 2. The van der Waals surface area contributed by atoms with Crippen molar-refractivity contribution in [2.24, 2.45) is 5.92 Å². The molecule has 0 spiro atoms. The van der Waals surface area contributed by atoms with Crippen LogP contribution in [0.1, 0.15) is 37.7 Å². The molecule has 1 fully saturated rings. The molecular weight excluding hydrogens is 350 g/mol. The number of carbonyl (C=O) groups excluding carboxylic acids is 1. The smallest absolute Gasteiger partial charge is 0.326 e. The van der Waals surface area contributed by atoms with E-state index in [4.69, 9.17) is 0 Å². The van der Waals surface area contributed by atoms with Crippen molar-refractivity contribution in [1.82, 2.24) is 5.32 Å². The van der Waals surface area contributed by atoms with Crippen LogP contribution in [0.15, 0.2) is 54.6 Å². The van der Waals surface area contributed by atoms with Crippen molar-refractivity contribution in [3.8, 4) is 0 Å². The Labute approximate surface area is 164 Å². The molecule has 0 saturated heterocycles. The molecule has 1 amide bonds. The summed E-state index contributed by atoms with van der Waals surface area (Å²) in [7, 11) is 0. The summed E-state index contributed by atoms with van der Waals surface area (Å²) >= 11 is 0. The lowest BCUT2D eigenvalue weighted by molar-refractivity contribution is -0.142. The van der Waals surface area contributed by atoms with E-state index in [-0.39, 0.29) is 18.2 Å². The first-order chi connectivity index (χ1) is 13.6. The summed E-state index contributed by atoms with van der Waals surface area (Å²) in [6, 6.07) is 17.3. The van der Waals surface area contributed by atoms with Gasteiger partial charge in [0.2, 0.25) is 5.91 Å². The Bertz CT molecular complexity index is 967. The van der Waals surface area contributed by atoms with E-state index >= 15 is 0 Å². The number of nitrogens with one attached hydrogen (secondary N) is 1. The Morgan fingerprint density at radius 1 is 0.929 bits per heavy atom. The Hall–Kier alpha value is -2.88. The molecule has 4 nitrogen and oxygen atoms in total. The average Bonchev–Trinajstić information content (AvgIpc) is 2.73. The van der Waals surface area contributed by atoms with Crippen LogP contribution >= 0.6 is 0 Å². The van der Waals surface area contributed by atoms with E-state index in [1.165, 1.54) is 0 Å². The summed E-state index contributed by atoms with van der Waals surface area (Å²) in [5.74, 6) is -1.15. The summed E-state index contributed by atoms with van der Waals surface area (Å²) in [5, 5.41) is 16.9. The summed E-state index contributed by atoms with van der Waals surface area (Å²) in [6.07, 6.45) is 5.24. The number of rotatable bonds is 5. The number of fused-ring (bicyclic) bond motifs is 2. The molecule has 2 N–H and O–H groups in total. The second-order valence-corrected chi connectivity index (χ2v) is 7.74. The minimum absolute atomic E-state index is 0.0557. The van der Waals surface area contributed by atoms with Crippen molar-refractivity contribution in [1.29, 1.82) is 0 Å². The van der Waals surface area contributed by atoms with Crippen LogP contribution in [0.5, 0.6) is 0 Å². The largest absolute Gasteiger partial charge is 0.480 e. The van der Waals surface area contributed by atoms with Crippen LogP contribution in [0.4, 0.5) is 0 Å². The molecule has 1 atom stereocenters. The highest BCUT2D eigenvalue weighted by molar-refractivity contribution is 6.02. The lowest BCUT2D eigenvalue weighted by Gasteiger charge is -2.24. The maximum Gasteiger partial charge on any atom is 0.326 e. The molecular formula is C24H25NO3. The van der Waals surface area contributed by atoms with Gasteiger partial charge in [0, 0.05) is 12.3 Å². The maximum atomic E-state index is 12.7. The van der Waals surface area contributed by atoms with Gasteiger partial charge in [-0.05, 0) is 46.0 Å². The number of carboxylic acids is 1. The van der Waals surface area contributed by atoms with Gasteiger partial charge in [-0.3, -0.25) is 4.79 Å². The second-order valence-electron chi connectivity index (χ2n) is 7.74. The molecule has 1 aliphatic rings. The molecule has 144 valence electrons. The molecule has 0 bridgehead atoms. The number of amides is 1. The first kappa shape index (κ1) is 18.5. The molecule has 0 aliphatic heterocycles. The molecule has 28 heavy (non-hydrogen) atoms. The summed E-state index contributed by atoms with van der Waals surface area (Å²) < 4.78 is 0. The van der Waals surface area contributed by atoms with Crippen molar-refractivity contribution in [3.05, 3.63) is 60.2 Å². The van der Waals surface area contributed by atoms with Gasteiger partial charge in [-0.25, -0.2) is 4.79 Å². The van der Waals surface area contributed by atoms with Crippen LogP contribution < -0.4 is 5.32 Å². The topological polar surface area (TPSA) is 66.4 Å². The third-order valence-corrected chi connectivity index (χ3v) is 5.88. The number of benzene rings is 3. The quantitative estimate of drug-likeness (QED) is 0.636. The molecule has 0 unspecified atom stereocenters. The fraction of sp³-hybridized carbons (Fsp3) is 0.333. The zero-order valence-corrected chi connectivity index (χ0v) is 15.9. The van der Waals surface area contributed by atoms with Crippen LogP contribution in [0.2, 0.25) is 0 Å². The second kappa shape index (κ2) is 8.01. The van der Waals surface area contributed by atoms with E-state index in [1.807, 2.05) is 48.5 Å². The Morgan fingerprint density at radius 2 is 1.50 bits per heavy atom. The Kier molecular flexibility index (Phi) is 5.29. The first-order valence-corrected chi connectivity index (χ1v) is 10.1. The van der Waals surface area contributed by atoms with E-state index in [9.17, 15) is 14.7 Å². The molecule has 4 rings (SSSR count). The van der Waals surface area contributed by atoms with Crippen molar-refractivity contribution in [2.75, 3.05) is 0 Å². The molecule has 0 aromatic heterocycles. The number of carbonyl (C=O) groups is 2. The van der Waals surface area contributed by atoms with E-state index < -0.39 is 12.0 Å². The lowest BCUT2D eigenvalue weighted by Crippen LogP contribution is -2.45. The van der Waals surface area contributed by atoms with Crippen LogP contribution in [0.3, 0.4) is 0 Å². The summed E-state index contributed by atoms with van der Waals surface area (Å²) in [5.41, 5.74) is 0.977. The molecule has 3 aromatic carbocycles. The fourth-order valence-corrected chi connectivity index (χ4v) is 4.39. The van der Waals surface area contributed by atoms with Gasteiger partial charge in [-0.2, -0.15) is 0 Å². The van der Waals surface area contributed by atoms with Gasteiger partial charge < -0.3 is 10.4 Å². The molecule has 1 aliphatic carbocycles. The fourth-order valence-electron chi connectivity index (χ4n) is 4.39. The van der Waals surface area contributed by atoms with Gasteiger partial charge >= 0.3 is 5.97 Å². The Balaban J connectivity index is 1.69. The normalized spacial score (nSPS) is 16.1. The average molecular weight is 375 g/mol. The molecule has 3 aromatic rings. The monoisotopic (exact) mass is 375 g/mol. The number of hydrogen-bond donors (Lipinski definition) is 2. The van der Waals surface area contributed by atoms with Crippen LogP contribution in [-0.4, -0.2) is 23.0 Å². The lowest BCUT2D eigenvalue weighted by atomic mass is 9.88.